The molecule has 1 N–H and O–H groups in total. The van der Waals surface area contributed by atoms with Gasteiger partial charge in [-0.05, 0) is 149 Å². The normalized spacial score (nSPS) is 42.7. The average molecular weight is 875 g/mol. The van der Waals surface area contributed by atoms with Crippen LogP contribution >= 0.6 is 0 Å². The molecule has 9 rings (SSSR count). The molecular weight excluding hydrogens is 793 g/mol. The fourth-order valence-electron chi connectivity index (χ4n) is 15.9. The summed E-state index contributed by atoms with van der Waals surface area (Å²) in [5.74, 6) is 3.20. The minimum Gasteiger partial charge on any atom is -0.385 e. The van der Waals surface area contributed by atoms with Gasteiger partial charge in [0.15, 0.2) is 6.29 Å². The van der Waals surface area contributed by atoms with Crippen molar-refractivity contribution < 1.29 is 28.8 Å². The predicted molar refractivity (Wildman–Crippen MR) is 255 cm³/mol. The molecule has 0 radical (unpaired) electrons. The highest BCUT2D eigenvalue weighted by Gasteiger charge is 2.71. The van der Waals surface area contributed by atoms with E-state index in [2.05, 4.69) is 91.8 Å². The van der Waals surface area contributed by atoms with Gasteiger partial charge < -0.3 is 28.8 Å². The monoisotopic (exact) mass is 875 g/mol. The Morgan fingerprint density at radius 2 is 1.11 bits per heavy atom. The molecule has 0 aromatic heterocycles. The Morgan fingerprint density at radius 3 is 1.75 bits per heavy atom. The van der Waals surface area contributed by atoms with Gasteiger partial charge >= 0.3 is 0 Å². The molecule has 5 aliphatic carbocycles. The van der Waals surface area contributed by atoms with Crippen LogP contribution in [0.15, 0.2) is 91.0 Å². The number of rotatable bonds is 13. The fourth-order valence-corrected chi connectivity index (χ4v) is 15.9. The maximum absolute atomic E-state index is 12.3. The summed E-state index contributed by atoms with van der Waals surface area (Å²) >= 11 is 0. The van der Waals surface area contributed by atoms with Crippen LogP contribution in [0.2, 0.25) is 0 Å². The van der Waals surface area contributed by atoms with Crippen LogP contribution in [0.25, 0.3) is 0 Å². The maximum Gasteiger partial charge on any atom is 0.186 e. The number of ether oxygens (including phenoxy) is 5. The molecule has 0 spiro atoms. The third kappa shape index (κ3) is 8.50. The molecule has 15 atom stereocenters. The van der Waals surface area contributed by atoms with Gasteiger partial charge in [-0.15, -0.1) is 0 Å². The molecule has 3 aromatic carbocycles. The summed E-state index contributed by atoms with van der Waals surface area (Å²) in [6, 6.07) is 30.6. The topological polar surface area (TPSA) is 66.4 Å². The number of hydrogen-bond acceptors (Lipinski definition) is 6. The highest BCUT2D eigenvalue weighted by atomic mass is 16.7. The lowest BCUT2D eigenvalue weighted by Crippen LogP contribution is -2.67. The van der Waals surface area contributed by atoms with E-state index in [-0.39, 0.29) is 12.0 Å². The predicted octanol–water partition coefficient (Wildman–Crippen LogP) is 13.0. The highest BCUT2D eigenvalue weighted by Crippen LogP contribution is 2.78. The lowest BCUT2D eigenvalue weighted by atomic mass is 9.30. The van der Waals surface area contributed by atoms with E-state index in [0.717, 1.165) is 34.9 Å². The van der Waals surface area contributed by atoms with E-state index in [1.54, 1.807) is 0 Å². The highest BCUT2D eigenvalue weighted by molar-refractivity contribution is 5.20. The third-order valence-corrected chi connectivity index (χ3v) is 20.2. The van der Waals surface area contributed by atoms with Gasteiger partial charge in [0.2, 0.25) is 0 Å². The van der Waals surface area contributed by atoms with Gasteiger partial charge in [-0.25, -0.2) is 0 Å². The molecule has 350 valence electrons. The first-order chi connectivity index (χ1) is 30.6. The van der Waals surface area contributed by atoms with E-state index < -0.39 is 30.7 Å². The van der Waals surface area contributed by atoms with E-state index in [4.69, 9.17) is 23.7 Å². The van der Waals surface area contributed by atoms with Crippen LogP contribution in [-0.2, 0) is 43.5 Å². The molecule has 64 heavy (non-hydrogen) atoms. The van der Waals surface area contributed by atoms with Crippen molar-refractivity contribution in [3.63, 3.8) is 0 Å². The summed E-state index contributed by atoms with van der Waals surface area (Å²) in [5, 5.41) is 12.3. The Bertz CT molecular complexity index is 1990. The molecule has 3 aromatic rings. The number of benzene rings is 3. The van der Waals surface area contributed by atoms with Gasteiger partial charge in [0.25, 0.3) is 0 Å². The zero-order valence-corrected chi connectivity index (χ0v) is 40.7. The van der Waals surface area contributed by atoms with Crippen LogP contribution in [-0.4, -0.2) is 49.0 Å². The van der Waals surface area contributed by atoms with Gasteiger partial charge in [-0.1, -0.05) is 146 Å². The van der Waals surface area contributed by atoms with E-state index in [1.807, 2.05) is 54.6 Å². The molecule has 0 bridgehead atoms. The van der Waals surface area contributed by atoms with Gasteiger partial charge in [-0.2, -0.15) is 0 Å². The van der Waals surface area contributed by atoms with Gasteiger partial charge in [0.1, 0.15) is 24.4 Å². The molecule has 1 heterocycles. The van der Waals surface area contributed by atoms with Crippen molar-refractivity contribution in [1.82, 2.24) is 0 Å². The Hall–Kier alpha value is -2.58. The first-order valence-electron chi connectivity index (χ1n) is 25.5. The number of aliphatic hydroxyl groups is 1. The van der Waals surface area contributed by atoms with Crippen molar-refractivity contribution in [3.8, 4) is 0 Å². The minimum atomic E-state index is -1.05. The third-order valence-electron chi connectivity index (χ3n) is 20.2. The van der Waals surface area contributed by atoms with Crippen molar-refractivity contribution in [1.29, 1.82) is 0 Å². The number of hydrogen-bond donors (Lipinski definition) is 1. The quantitative estimate of drug-likeness (QED) is 0.185. The summed E-state index contributed by atoms with van der Waals surface area (Å²) in [4.78, 5) is 0. The molecule has 6 fully saturated rings. The standard InChI is InChI=1S/C58H82O6/c1-40-44(24-25-46-55(40,5)27-26-47-56(46,6)31-33-58(8)48-34-53(2,3)28-29-54(48,4)30-32-57(47,58)7)38-63-52-49(59)51(62-37-43-22-16-11-17-23-43)50(61-36-42-20-14-10-15-21-42)45(64-52)39-60-35-41-18-12-9-13-19-41/h9-23,40,44-52,59H,24-39H2,1-8H3/t40?,44?,45?,46?,47?,48?,49?,50?,51?,52?,54?,55?,56?,57?,58-/m0/s1. The summed E-state index contributed by atoms with van der Waals surface area (Å²) in [7, 11) is 0. The Morgan fingerprint density at radius 1 is 0.547 bits per heavy atom. The average Bonchev–Trinajstić information content (AvgIpc) is 3.29. The zero-order chi connectivity index (χ0) is 45.0. The van der Waals surface area contributed by atoms with Crippen molar-refractivity contribution in [2.75, 3.05) is 13.2 Å². The SMILES string of the molecule is CC1C(COC2OC(COCc3ccccc3)C(OCc3ccccc3)C(OCc3ccccc3)C2O)CCC2C1(C)CCC1C2(C)CC[C@@]2(C)C3CC(C)(C)CCC3(C)CCC12C. The Labute approximate surface area is 386 Å². The number of fused-ring (bicyclic) bond motifs is 7. The van der Waals surface area contributed by atoms with E-state index in [0.29, 0.717) is 71.3 Å². The van der Waals surface area contributed by atoms with Gasteiger partial charge in [0.05, 0.1) is 33.0 Å². The van der Waals surface area contributed by atoms with Crippen molar-refractivity contribution in [2.24, 2.45) is 62.1 Å². The molecule has 1 aliphatic heterocycles. The van der Waals surface area contributed by atoms with Crippen LogP contribution in [0.4, 0.5) is 0 Å². The van der Waals surface area contributed by atoms with E-state index in [1.165, 1.54) is 64.2 Å². The lowest BCUT2D eigenvalue weighted by molar-refractivity contribution is -0.323. The van der Waals surface area contributed by atoms with Crippen LogP contribution in [0.3, 0.4) is 0 Å². The molecule has 14 unspecified atom stereocenters. The van der Waals surface area contributed by atoms with E-state index in [9.17, 15) is 5.11 Å². The van der Waals surface area contributed by atoms with E-state index >= 15 is 0 Å². The van der Waals surface area contributed by atoms with Gasteiger partial charge in [0, 0.05) is 0 Å². The summed E-state index contributed by atoms with van der Waals surface area (Å²) in [6.07, 6.45) is 11.1. The molecule has 6 nitrogen and oxygen atoms in total. The van der Waals surface area contributed by atoms with Crippen LogP contribution in [0.1, 0.15) is 143 Å². The first-order valence-corrected chi connectivity index (χ1v) is 25.5. The second kappa shape index (κ2) is 18.1. The largest absolute Gasteiger partial charge is 0.385 e. The lowest BCUT2D eigenvalue weighted by Gasteiger charge is -2.75. The zero-order valence-electron chi connectivity index (χ0n) is 40.7. The van der Waals surface area contributed by atoms with Crippen LogP contribution in [0, 0.1) is 62.1 Å². The van der Waals surface area contributed by atoms with Crippen molar-refractivity contribution in [2.45, 2.75) is 177 Å². The minimum absolute atomic E-state index is 0.245. The molecule has 0 amide bonds. The number of aliphatic hydroxyl groups excluding tert-OH is 1. The summed E-state index contributed by atoms with van der Waals surface area (Å²) < 4.78 is 33.4. The smallest absolute Gasteiger partial charge is 0.186 e. The van der Waals surface area contributed by atoms with Gasteiger partial charge in [-0.3, -0.25) is 0 Å². The van der Waals surface area contributed by atoms with Crippen molar-refractivity contribution >= 4 is 0 Å². The first kappa shape index (κ1) is 46.5. The molecule has 6 heteroatoms. The van der Waals surface area contributed by atoms with Crippen LogP contribution < -0.4 is 0 Å². The summed E-state index contributed by atoms with van der Waals surface area (Å²) in [5.41, 5.74) is 5.54. The molecule has 6 aliphatic rings. The fraction of sp³-hybridized carbons (Fsp3) is 0.690. The Balaban J connectivity index is 0.913. The van der Waals surface area contributed by atoms with Crippen LogP contribution in [0.5, 0.6) is 0 Å². The Kier molecular flexibility index (Phi) is 13.2. The second-order valence-electron chi connectivity index (χ2n) is 24.1. The molecule has 1 saturated heterocycles. The molecular formula is C58H82O6. The maximum atomic E-state index is 12.3. The summed E-state index contributed by atoms with van der Waals surface area (Å²) in [6.45, 7) is 23.3. The second-order valence-corrected chi connectivity index (χ2v) is 24.1. The molecule has 5 saturated carbocycles. The van der Waals surface area contributed by atoms with Crippen molar-refractivity contribution in [3.05, 3.63) is 108 Å².